The summed E-state index contributed by atoms with van der Waals surface area (Å²) in [6.07, 6.45) is 0. The molecule has 1 nitrogen and oxygen atoms in total. The molecule has 1 aromatic heterocycles. The Labute approximate surface area is 122 Å². The second-order valence-electron chi connectivity index (χ2n) is 5.35. The van der Waals surface area contributed by atoms with E-state index in [1.807, 2.05) is 24.3 Å². The molecule has 0 saturated heterocycles. The van der Waals surface area contributed by atoms with Crippen LogP contribution in [0.1, 0.15) is 5.56 Å². The third-order valence-corrected chi connectivity index (χ3v) is 3.90. The summed E-state index contributed by atoms with van der Waals surface area (Å²) in [7, 11) is 0. The van der Waals surface area contributed by atoms with Crippen LogP contribution in [0, 0.1) is 12.7 Å². The monoisotopic (exact) mass is 275 g/mol. The second-order valence-corrected chi connectivity index (χ2v) is 5.35. The quantitative estimate of drug-likeness (QED) is 0.448. The molecule has 3 aromatic carbocycles. The first-order valence-electron chi connectivity index (χ1n) is 7.00. The highest BCUT2D eigenvalue weighted by molar-refractivity contribution is 6.09. The molecule has 0 unspecified atom stereocenters. The van der Waals surface area contributed by atoms with Gasteiger partial charge in [0.2, 0.25) is 0 Å². The number of aryl methyl sites for hydroxylation is 1. The lowest BCUT2D eigenvalue weighted by molar-refractivity contribution is 0.629. The normalized spacial score (nSPS) is 11.3. The fourth-order valence-electron chi connectivity index (χ4n) is 2.96. The van der Waals surface area contributed by atoms with Crippen molar-refractivity contribution in [2.45, 2.75) is 6.92 Å². The van der Waals surface area contributed by atoms with Gasteiger partial charge in [0.15, 0.2) is 0 Å². The van der Waals surface area contributed by atoms with Crippen LogP contribution in [-0.4, -0.2) is 4.57 Å². The highest BCUT2D eigenvalue weighted by atomic mass is 19.1. The number of fused-ring (bicyclic) bond motifs is 3. The molecule has 0 spiro atoms. The third kappa shape index (κ3) is 1.83. The first-order chi connectivity index (χ1) is 10.2. The van der Waals surface area contributed by atoms with Gasteiger partial charge in [0, 0.05) is 16.5 Å². The summed E-state index contributed by atoms with van der Waals surface area (Å²) in [5.74, 6) is -0.198. The summed E-state index contributed by atoms with van der Waals surface area (Å²) in [4.78, 5) is 0. The van der Waals surface area contributed by atoms with Crippen LogP contribution in [0.5, 0.6) is 0 Å². The van der Waals surface area contributed by atoms with E-state index < -0.39 is 0 Å². The Bertz CT molecular complexity index is 892. The Kier molecular flexibility index (Phi) is 2.58. The molecule has 0 aliphatic rings. The van der Waals surface area contributed by atoms with Crippen molar-refractivity contribution >= 4 is 21.8 Å². The number of halogens is 1. The van der Waals surface area contributed by atoms with E-state index in [0.717, 1.165) is 27.5 Å². The standard InChI is InChI=1S/C19H14FN/c1-13-7-9-18-16(11-13)17-12-14(20)8-10-19(17)21(18)15-5-3-2-4-6-15/h2-12H,1H3. The van der Waals surface area contributed by atoms with E-state index in [1.165, 1.54) is 11.6 Å². The average molecular weight is 275 g/mol. The molecule has 4 aromatic rings. The maximum Gasteiger partial charge on any atom is 0.123 e. The van der Waals surface area contributed by atoms with E-state index in [9.17, 15) is 4.39 Å². The number of rotatable bonds is 1. The predicted molar refractivity (Wildman–Crippen MR) is 85.5 cm³/mol. The van der Waals surface area contributed by atoms with Crippen molar-refractivity contribution < 1.29 is 4.39 Å². The minimum Gasteiger partial charge on any atom is -0.309 e. The van der Waals surface area contributed by atoms with Crippen molar-refractivity contribution in [3.63, 3.8) is 0 Å². The predicted octanol–water partition coefficient (Wildman–Crippen LogP) is 5.23. The van der Waals surface area contributed by atoms with E-state index in [1.54, 1.807) is 6.07 Å². The van der Waals surface area contributed by atoms with Gasteiger partial charge >= 0.3 is 0 Å². The molecule has 21 heavy (non-hydrogen) atoms. The molecule has 0 N–H and O–H groups in total. The largest absolute Gasteiger partial charge is 0.309 e. The van der Waals surface area contributed by atoms with Crippen LogP contribution < -0.4 is 0 Å². The fraction of sp³-hybridized carbons (Fsp3) is 0.0526. The first-order valence-corrected chi connectivity index (χ1v) is 7.00. The highest BCUT2D eigenvalue weighted by Gasteiger charge is 2.12. The van der Waals surface area contributed by atoms with Crippen molar-refractivity contribution in [2.24, 2.45) is 0 Å². The molecule has 0 aliphatic carbocycles. The van der Waals surface area contributed by atoms with Crippen LogP contribution in [0.4, 0.5) is 4.39 Å². The number of hydrogen-bond donors (Lipinski definition) is 0. The summed E-state index contributed by atoms with van der Waals surface area (Å²) in [5.41, 5.74) is 4.41. The number of nitrogens with zero attached hydrogens (tertiary/aromatic N) is 1. The zero-order valence-electron chi connectivity index (χ0n) is 11.7. The Hall–Kier alpha value is -2.61. The number of benzene rings is 3. The Morgan fingerprint density at radius 2 is 1.43 bits per heavy atom. The first kappa shape index (κ1) is 12.2. The smallest absolute Gasteiger partial charge is 0.123 e. The number of aromatic nitrogens is 1. The van der Waals surface area contributed by atoms with Gasteiger partial charge < -0.3 is 4.57 Å². The van der Waals surface area contributed by atoms with Crippen LogP contribution >= 0.6 is 0 Å². The molecule has 1 heterocycles. The molecular formula is C19H14FN. The molecule has 4 rings (SSSR count). The van der Waals surface area contributed by atoms with E-state index in [-0.39, 0.29) is 5.82 Å². The van der Waals surface area contributed by atoms with Crippen LogP contribution in [0.3, 0.4) is 0 Å². The van der Waals surface area contributed by atoms with Crippen LogP contribution in [-0.2, 0) is 0 Å². The molecule has 0 atom stereocenters. The van der Waals surface area contributed by atoms with Crippen molar-refractivity contribution in [3.8, 4) is 5.69 Å². The van der Waals surface area contributed by atoms with Gasteiger partial charge in [0.1, 0.15) is 5.82 Å². The van der Waals surface area contributed by atoms with E-state index in [0.29, 0.717) is 0 Å². The van der Waals surface area contributed by atoms with E-state index >= 15 is 0 Å². The van der Waals surface area contributed by atoms with E-state index in [2.05, 4.69) is 41.8 Å². The van der Waals surface area contributed by atoms with Crippen LogP contribution in [0.25, 0.3) is 27.5 Å². The van der Waals surface area contributed by atoms with Gasteiger partial charge in [0.25, 0.3) is 0 Å². The number of para-hydroxylation sites is 1. The topological polar surface area (TPSA) is 4.93 Å². The minimum absolute atomic E-state index is 0.198. The molecule has 0 amide bonds. The highest BCUT2D eigenvalue weighted by Crippen LogP contribution is 2.32. The molecular weight excluding hydrogens is 261 g/mol. The summed E-state index contributed by atoms with van der Waals surface area (Å²) in [5, 5.41) is 2.05. The van der Waals surface area contributed by atoms with Crippen molar-refractivity contribution in [1.29, 1.82) is 0 Å². The van der Waals surface area contributed by atoms with Gasteiger partial charge in [-0.2, -0.15) is 0 Å². The molecule has 0 saturated carbocycles. The van der Waals surface area contributed by atoms with Gasteiger partial charge in [-0.15, -0.1) is 0 Å². The minimum atomic E-state index is -0.198. The molecule has 2 heteroatoms. The summed E-state index contributed by atoms with van der Waals surface area (Å²) >= 11 is 0. The maximum absolute atomic E-state index is 13.7. The van der Waals surface area contributed by atoms with Gasteiger partial charge in [-0.25, -0.2) is 4.39 Å². The molecule has 0 radical (unpaired) electrons. The van der Waals surface area contributed by atoms with Crippen LogP contribution in [0.2, 0.25) is 0 Å². The summed E-state index contributed by atoms with van der Waals surface area (Å²) < 4.78 is 15.9. The molecule has 0 aliphatic heterocycles. The van der Waals surface area contributed by atoms with Gasteiger partial charge in [-0.3, -0.25) is 0 Å². The lowest BCUT2D eigenvalue weighted by Crippen LogP contribution is -1.92. The SMILES string of the molecule is Cc1ccc2c(c1)c1cc(F)ccc1n2-c1ccccc1. The molecule has 0 fully saturated rings. The maximum atomic E-state index is 13.7. The fourth-order valence-corrected chi connectivity index (χ4v) is 2.96. The number of hydrogen-bond acceptors (Lipinski definition) is 0. The van der Waals surface area contributed by atoms with Crippen LogP contribution in [0.15, 0.2) is 66.7 Å². The summed E-state index contributed by atoms with van der Waals surface area (Å²) in [6.45, 7) is 2.06. The Morgan fingerprint density at radius 1 is 0.762 bits per heavy atom. The zero-order valence-corrected chi connectivity index (χ0v) is 11.7. The lowest BCUT2D eigenvalue weighted by Gasteiger charge is -2.07. The zero-order chi connectivity index (χ0) is 14.4. The van der Waals surface area contributed by atoms with Crippen molar-refractivity contribution in [3.05, 3.63) is 78.1 Å². The Balaban J connectivity index is 2.22. The molecule has 0 bridgehead atoms. The summed E-state index contributed by atoms with van der Waals surface area (Å²) in [6, 6.07) is 21.5. The average Bonchev–Trinajstić information content (AvgIpc) is 2.81. The van der Waals surface area contributed by atoms with Crippen molar-refractivity contribution in [1.82, 2.24) is 4.57 Å². The van der Waals surface area contributed by atoms with Gasteiger partial charge in [0.05, 0.1) is 11.0 Å². The van der Waals surface area contributed by atoms with E-state index in [4.69, 9.17) is 0 Å². The van der Waals surface area contributed by atoms with Gasteiger partial charge in [-0.05, 0) is 49.4 Å². The third-order valence-electron chi connectivity index (χ3n) is 3.90. The second kappa shape index (κ2) is 4.45. The van der Waals surface area contributed by atoms with Gasteiger partial charge in [-0.1, -0.05) is 29.8 Å². The lowest BCUT2D eigenvalue weighted by atomic mass is 10.1. The molecule has 102 valence electrons. The Morgan fingerprint density at radius 3 is 2.19 bits per heavy atom. The van der Waals surface area contributed by atoms with Crippen molar-refractivity contribution in [2.75, 3.05) is 0 Å².